The van der Waals surface area contributed by atoms with Gasteiger partial charge in [-0.05, 0) is 19.4 Å². The first-order valence-electron chi connectivity index (χ1n) is 3.16. The maximum atomic E-state index is 10.2. The third-order valence-corrected chi connectivity index (χ3v) is 1.14. The number of hydrogen-bond acceptors (Lipinski definition) is 2. The van der Waals surface area contributed by atoms with Crippen LogP contribution in [0.2, 0.25) is 0 Å². The highest BCUT2D eigenvalue weighted by atomic mass is 16.5. The van der Waals surface area contributed by atoms with E-state index in [-0.39, 0.29) is 5.91 Å². The number of primary amides is 1. The van der Waals surface area contributed by atoms with E-state index in [0.717, 1.165) is 5.76 Å². The summed E-state index contributed by atoms with van der Waals surface area (Å²) in [4.78, 5) is 10.2. The Bertz CT molecular complexity index is 141. The molecule has 3 heteroatoms. The Hall–Kier alpha value is -0.990. The number of rotatable bonds is 4. The van der Waals surface area contributed by atoms with Gasteiger partial charge >= 0.3 is 0 Å². The fourth-order valence-corrected chi connectivity index (χ4v) is 0.501. The molecule has 0 fully saturated rings. The standard InChI is InChI=1S/C7H13NO2/c1-6(10-2)4-3-5-7(8)9/h4H,3,5H2,1-2H3,(H2,8,9). The van der Waals surface area contributed by atoms with Crippen LogP contribution in [0.1, 0.15) is 19.8 Å². The lowest BCUT2D eigenvalue weighted by Gasteiger charge is -1.96. The largest absolute Gasteiger partial charge is 0.502 e. The molecule has 0 saturated carbocycles. The van der Waals surface area contributed by atoms with Gasteiger partial charge in [0.1, 0.15) is 0 Å². The quantitative estimate of drug-likeness (QED) is 0.592. The van der Waals surface area contributed by atoms with Crippen molar-refractivity contribution >= 4 is 5.91 Å². The minimum Gasteiger partial charge on any atom is -0.502 e. The van der Waals surface area contributed by atoms with Crippen molar-refractivity contribution in [1.82, 2.24) is 0 Å². The summed E-state index contributed by atoms with van der Waals surface area (Å²) in [6.45, 7) is 1.83. The number of amides is 1. The Morgan fingerprint density at radius 2 is 2.30 bits per heavy atom. The molecular weight excluding hydrogens is 130 g/mol. The fraction of sp³-hybridized carbons (Fsp3) is 0.571. The number of nitrogens with two attached hydrogens (primary N) is 1. The molecule has 0 saturated heterocycles. The van der Waals surface area contributed by atoms with Gasteiger partial charge in [0.2, 0.25) is 5.91 Å². The van der Waals surface area contributed by atoms with E-state index in [1.54, 1.807) is 7.11 Å². The van der Waals surface area contributed by atoms with E-state index in [1.165, 1.54) is 0 Å². The lowest BCUT2D eigenvalue weighted by molar-refractivity contribution is -0.117. The molecule has 10 heavy (non-hydrogen) atoms. The van der Waals surface area contributed by atoms with Crippen molar-refractivity contribution in [3.05, 3.63) is 11.8 Å². The molecular formula is C7H13NO2. The number of ether oxygens (including phenoxy) is 1. The van der Waals surface area contributed by atoms with Crippen molar-refractivity contribution in [1.29, 1.82) is 0 Å². The van der Waals surface area contributed by atoms with Crippen molar-refractivity contribution in [3.63, 3.8) is 0 Å². The normalized spacial score (nSPS) is 11.2. The van der Waals surface area contributed by atoms with Gasteiger partial charge in [-0.3, -0.25) is 4.79 Å². The van der Waals surface area contributed by atoms with E-state index in [0.29, 0.717) is 12.8 Å². The summed E-state index contributed by atoms with van der Waals surface area (Å²) in [6, 6.07) is 0. The van der Waals surface area contributed by atoms with Crippen LogP contribution in [0.5, 0.6) is 0 Å². The topological polar surface area (TPSA) is 52.3 Å². The molecule has 0 unspecified atom stereocenters. The number of carbonyl (C=O) groups excluding carboxylic acids is 1. The molecule has 0 aromatic heterocycles. The van der Waals surface area contributed by atoms with Crippen LogP contribution < -0.4 is 5.73 Å². The van der Waals surface area contributed by atoms with Crippen LogP contribution in [0, 0.1) is 0 Å². The van der Waals surface area contributed by atoms with Crippen molar-refractivity contribution < 1.29 is 9.53 Å². The Labute approximate surface area is 60.9 Å². The zero-order valence-electron chi connectivity index (χ0n) is 6.39. The first kappa shape index (κ1) is 9.01. The Morgan fingerprint density at radius 3 is 2.70 bits per heavy atom. The zero-order valence-corrected chi connectivity index (χ0v) is 6.39. The molecule has 1 amide bonds. The molecule has 0 radical (unpaired) electrons. The Kier molecular flexibility index (Phi) is 4.37. The molecule has 0 aliphatic rings. The minimum absolute atomic E-state index is 0.278. The highest BCUT2D eigenvalue weighted by molar-refractivity contribution is 5.73. The van der Waals surface area contributed by atoms with Crippen LogP contribution >= 0.6 is 0 Å². The SMILES string of the molecule is COC(C)=CCCC(N)=O. The van der Waals surface area contributed by atoms with Crippen LogP contribution in [-0.4, -0.2) is 13.0 Å². The van der Waals surface area contributed by atoms with Gasteiger partial charge in [-0.15, -0.1) is 0 Å². The fourth-order valence-electron chi connectivity index (χ4n) is 0.501. The van der Waals surface area contributed by atoms with Crippen molar-refractivity contribution in [2.45, 2.75) is 19.8 Å². The van der Waals surface area contributed by atoms with E-state index >= 15 is 0 Å². The summed E-state index contributed by atoms with van der Waals surface area (Å²) in [6.07, 6.45) is 2.89. The van der Waals surface area contributed by atoms with E-state index in [1.807, 2.05) is 13.0 Å². The molecule has 0 spiro atoms. The first-order valence-corrected chi connectivity index (χ1v) is 3.16. The van der Waals surface area contributed by atoms with Crippen LogP contribution in [0.3, 0.4) is 0 Å². The second-order valence-corrected chi connectivity index (χ2v) is 2.02. The predicted molar refractivity (Wildman–Crippen MR) is 39.2 cm³/mol. The second kappa shape index (κ2) is 4.85. The van der Waals surface area contributed by atoms with E-state index < -0.39 is 0 Å². The summed E-state index contributed by atoms with van der Waals surface area (Å²) in [5.41, 5.74) is 4.91. The van der Waals surface area contributed by atoms with E-state index in [2.05, 4.69) is 0 Å². The van der Waals surface area contributed by atoms with Crippen LogP contribution in [0.25, 0.3) is 0 Å². The van der Waals surface area contributed by atoms with E-state index in [4.69, 9.17) is 10.5 Å². The third kappa shape index (κ3) is 5.15. The van der Waals surface area contributed by atoms with Crippen LogP contribution in [0.4, 0.5) is 0 Å². The minimum atomic E-state index is -0.278. The summed E-state index contributed by atoms with van der Waals surface area (Å²) < 4.78 is 4.84. The summed E-state index contributed by atoms with van der Waals surface area (Å²) in [5, 5.41) is 0. The molecule has 0 atom stereocenters. The smallest absolute Gasteiger partial charge is 0.217 e. The molecule has 0 heterocycles. The van der Waals surface area contributed by atoms with Gasteiger partial charge < -0.3 is 10.5 Å². The lowest BCUT2D eigenvalue weighted by Crippen LogP contribution is -2.09. The molecule has 0 aliphatic carbocycles. The summed E-state index contributed by atoms with van der Waals surface area (Å²) >= 11 is 0. The third-order valence-electron chi connectivity index (χ3n) is 1.14. The molecule has 0 bridgehead atoms. The Balaban J connectivity index is 3.43. The van der Waals surface area contributed by atoms with Gasteiger partial charge in [-0.25, -0.2) is 0 Å². The van der Waals surface area contributed by atoms with Gasteiger partial charge in [-0.2, -0.15) is 0 Å². The summed E-state index contributed by atoms with van der Waals surface area (Å²) in [5.74, 6) is 0.543. The van der Waals surface area contributed by atoms with Gasteiger partial charge in [0.25, 0.3) is 0 Å². The molecule has 0 rings (SSSR count). The van der Waals surface area contributed by atoms with Crippen molar-refractivity contribution in [3.8, 4) is 0 Å². The maximum absolute atomic E-state index is 10.2. The van der Waals surface area contributed by atoms with Crippen molar-refractivity contribution in [2.24, 2.45) is 5.73 Å². The molecule has 0 aliphatic heterocycles. The molecule has 58 valence electrons. The van der Waals surface area contributed by atoms with Crippen LogP contribution in [0.15, 0.2) is 11.8 Å². The highest BCUT2D eigenvalue weighted by Crippen LogP contribution is 1.97. The predicted octanol–water partition coefficient (Wildman–Crippen LogP) is 0.802. The molecule has 3 nitrogen and oxygen atoms in total. The molecule has 0 aromatic carbocycles. The van der Waals surface area contributed by atoms with Crippen LogP contribution in [-0.2, 0) is 9.53 Å². The summed E-state index contributed by atoms with van der Waals surface area (Å²) in [7, 11) is 1.59. The van der Waals surface area contributed by atoms with Crippen molar-refractivity contribution in [2.75, 3.05) is 7.11 Å². The number of allylic oxidation sites excluding steroid dienone is 2. The highest BCUT2D eigenvalue weighted by Gasteiger charge is 1.90. The number of hydrogen-bond donors (Lipinski definition) is 1. The molecule has 2 N–H and O–H groups in total. The second-order valence-electron chi connectivity index (χ2n) is 2.02. The average Bonchev–Trinajstić information content (AvgIpc) is 1.87. The Morgan fingerprint density at radius 1 is 1.70 bits per heavy atom. The van der Waals surface area contributed by atoms with Gasteiger partial charge in [0, 0.05) is 6.42 Å². The number of carbonyl (C=O) groups is 1. The van der Waals surface area contributed by atoms with Gasteiger partial charge in [0.05, 0.1) is 12.9 Å². The average molecular weight is 143 g/mol. The van der Waals surface area contributed by atoms with Gasteiger partial charge in [0.15, 0.2) is 0 Å². The monoisotopic (exact) mass is 143 g/mol. The van der Waals surface area contributed by atoms with Gasteiger partial charge in [-0.1, -0.05) is 0 Å². The first-order chi connectivity index (χ1) is 4.66. The maximum Gasteiger partial charge on any atom is 0.217 e. The van der Waals surface area contributed by atoms with E-state index in [9.17, 15) is 4.79 Å². The number of methoxy groups -OCH3 is 1. The molecule has 0 aromatic rings. The zero-order chi connectivity index (χ0) is 7.98. The lowest BCUT2D eigenvalue weighted by atomic mass is 10.3.